The Labute approximate surface area is 134 Å². The van der Waals surface area contributed by atoms with E-state index in [2.05, 4.69) is 15.9 Å². The molecule has 20 heavy (non-hydrogen) atoms. The zero-order chi connectivity index (χ0) is 15.1. The zero-order valence-corrected chi connectivity index (χ0v) is 13.9. The van der Waals surface area contributed by atoms with Crippen molar-refractivity contribution in [2.24, 2.45) is 0 Å². The predicted octanol–water partition coefficient (Wildman–Crippen LogP) is 2.99. The fourth-order valence-corrected chi connectivity index (χ4v) is 5.71. The number of carboxylic acids is 1. The summed E-state index contributed by atoms with van der Waals surface area (Å²) >= 11 is 15.1. The number of nitrogens with zero attached hydrogens (tertiary/aromatic N) is 1. The van der Waals surface area contributed by atoms with Gasteiger partial charge in [0.2, 0.25) is 10.0 Å². The quantitative estimate of drug-likeness (QED) is 0.843. The molecule has 0 aliphatic carbocycles. The van der Waals surface area contributed by atoms with Crippen molar-refractivity contribution in [2.75, 3.05) is 6.54 Å². The molecule has 0 spiro atoms. The van der Waals surface area contributed by atoms with Crippen LogP contribution in [0.15, 0.2) is 21.5 Å². The van der Waals surface area contributed by atoms with E-state index in [1.165, 1.54) is 12.1 Å². The monoisotopic (exact) mass is 401 g/mol. The Hall–Kier alpha value is -0.340. The molecule has 1 fully saturated rings. The predicted molar refractivity (Wildman–Crippen MR) is 78.7 cm³/mol. The van der Waals surface area contributed by atoms with E-state index in [0.717, 1.165) is 4.31 Å². The van der Waals surface area contributed by atoms with Crippen molar-refractivity contribution in [3.63, 3.8) is 0 Å². The maximum atomic E-state index is 12.6. The van der Waals surface area contributed by atoms with Crippen LogP contribution in [-0.4, -0.2) is 36.4 Å². The number of hydrogen-bond donors (Lipinski definition) is 1. The van der Waals surface area contributed by atoms with Crippen LogP contribution in [0.4, 0.5) is 0 Å². The van der Waals surface area contributed by atoms with Crippen LogP contribution in [0.2, 0.25) is 10.0 Å². The van der Waals surface area contributed by atoms with E-state index >= 15 is 0 Å². The molecule has 1 N–H and O–H groups in total. The topological polar surface area (TPSA) is 74.7 Å². The third-order valence-corrected chi connectivity index (χ3v) is 6.31. The van der Waals surface area contributed by atoms with Gasteiger partial charge in [0.25, 0.3) is 0 Å². The third-order valence-electron chi connectivity index (χ3n) is 3.02. The van der Waals surface area contributed by atoms with Gasteiger partial charge in [-0.25, -0.2) is 8.42 Å². The average Bonchev–Trinajstić information content (AvgIpc) is 2.75. The van der Waals surface area contributed by atoms with Crippen molar-refractivity contribution in [2.45, 2.75) is 23.8 Å². The highest BCUT2D eigenvalue weighted by atomic mass is 79.9. The normalized spacial score (nSPS) is 20.2. The number of benzene rings is 1. The summed E-state index contributed by atoms with van der Waals surface area (Å²) in [5, 5.41) is 9.01. The average molecular weight is 403 g/mol. The number of carboxylic acid groups (broad SMARTS) is 1. The minimum Gasteiger partial charge on any atom is -0.480 e. The van der Waals surface area contributed by atoms with E-state index in [1.54, 1.807) is 0 Å². The highest BCUT2D eigenvalue weighted by Crippen LogP contribution is 2.37. The molecule has 110 valence electrons. The Morgan fingerprint density at radius 2 is 1.90 bits per heavy atom. The number of halogens is 3. The molecule has 0 bridgehead atoms. The van der Waals surface area contributed by atoms with E-state index in [9.17, 15) is 13.2 Å². The Balaban J connectivity index is 2.54. The van der Waals surface area contributed by atoms with Gasteiger partial charge in [0, 0.05) is 11.0 Å². The summed E-state index contributed by atoms with van der Waals surface area (Å²) in [4.78, 5) is 10.9. The molecule has 1 aromatic carbocycles. The summed E-state index contributed by atoms with van der Waals surface area (Å²) in [6, 6.07) is 1.74. The molecule has 9 heteroatoms. The van der Waals surface area contributed by atoms with Gasteiger partial charge in [-0.15, -0.1) is 0 Å². The van der Waals surface area contributed by atoms with Crippen molar-refractivity contribution < 1.29 is 18.3 Å². The van der Waals surface area contributed by atoms with Crippen LogP contribution >= 0.6 is 39.1 Å². The Bertz CT molecular complexity index is 641. The lowest BCUT2D eigenvalue weighted by molar-refractivity contribution is -0.140. The smallest absolute Gasteiger partial charge is 0.322 e. The maximum Gasteiger partial charge on any atom is 0.322 e. The molecule has 1 unspecified atom stereocenters. The van der Waals surface area contributed by atoms with Crippen molar-refractivity contribution in [1.82, 2.24) is 4.31 Å². The summed E-state index contributed by atoms with van der Waals surface area (Å²) in [5.74, 6) is -1.17. The minimum absolute atomic E-state index is 0.0413. The van der Waals surface area contributed by atoms with E-state index in [-0.39, 0.29) is 27.9 Å². The minimum atomic E-state index is -4.04. The van der Waals surface area contributed by atoms with E-state index < -0.39 is 22.0 Å². The molecule has 1 aliphatic heterocycles. The van der Waals surface area contributed by atoms with Crippen LogP contribution in [-0.2, 0) is 14.8 Å². The molecule has 0 aromatic heterocycles. The summed E-state index contributed by atoms with van der Waals surface area (Å²) in [6.07, 6.45) is 0.766. The second-order valence-electron chi connectivity index (χ2n) is 4.31. The second kappa shape index (κ2) is 5.81. The van der Waals surface area contributed by atoms with Crippen LogP contribution in [0.5, 0.6) is 0 Å². The first-order valence-electron chi connectivity index (χ1n) is 5.64. The number of sulfonamides is 1. The summed E-state index contributed by atoms with van der Waals surface area (Å²) in [6.45, 7) is 0.141. The van der Waals surface area contributed by atoms with Crippen molar-refractivity contribution in [3.8, 4) is 0 Å². The van der Waals surface area contributed by atoms with Gasteiger partial charge in [-0.2, -0.15) is 4.31 Å². The third kappa shape index (κ3) is 2.82. The SMILES string of the molecule is O=C(O)C1CCCN1S(=O)(=O)c1c(Cl)cc(Br)cc1Cl. The largest absolute Gasteiger partial charge is 0.480 e. The summed E-state index contributed by atoms with van der Waals surface area (Å²) in [5.41, 5.74) is 0. The molecular formula is C11H10BrCl2NO4S. The van der Waals surface area contributed by atoms with Gasteiger partial charge < -0.3 is 5.11 Å². The first kappa shape index (κ1) is 16.0. The van der Waals surface area contributed by atoms with Crippen LogP contribution in [0.25, 0.3) is 0 Å². The van der Waals surface area contributed by atoms with Gasteiger partial charge in [0.05, 0.1) is 10.0 Å². The van der Waals surface area contributed by atoms with Gasteiger partial charge in [-0.1, -0.05) is 39.1 Å². The molecule has 0 radical (unpaired) electrons. The van der Waals surface area contributed by atoms with Gasteiger partial charge >= 0.3 is 5.97 Å². The molecule has 5 nitrogen and oxygen atoms in total. The van der Waals surface area contributed by atoms with Crippen molar-refractivity contribution in [1.29, 1.82) is 0 Å². The standard InChI is InChI=1S/C11H10BrCl2NO4S/c12-6-4-7(13)10(8(14)5-6)20(18,19)15-3-1-2-9(15)11(16)17/h4-5,9H,1-3H2,(H,16,17). The molecule has 1 aliphatic rings. The van der Waals surface area contributed by atoms with Gasteiger partial charge in [-0.3, -0.25) is 4.79 Å². The van der Waals surface area contributed by atoms with Gasteiger partial charge in [0.1, 0.15) is 10.9 Å². The first-order chi connectivity index (χ1) is 9.25. The lowest BCUT2D eigenvalue weighted by atomic mass is 10.2. The van der Waals surface area contributed by atoms with E-state index in [1.807, 2.05) is 0 Å². The van der Waals surface area contributed by atoms with E-state index in [0.29, 0.717) is 10.9 Å². The van der Waals surface area contributed by atoms with Crippen molar-refractivity contribution >= 4 is 55.1 Å². The summed E-state index contributed by atoms with van der Waals surface area (Å²) < 4.78 is 26.6. The highest BCUT2D eigenvalue weighted by Gasteiger charge is 2.41. The van der Waals surface area contributed by atoms with Gasteiger partial charge in [0.15, 0.2) is 0 Å². The van der Waals surface area contributed by atoms with Crippen LogP contribution in [0.3, 0.4) is 0 Å². The summed E-state index contributed by atoms with van der Waals surface area (Å²) in [7, 11) is -4.04. The van der Waals surface area contributed by atoms with E-state index in [4.69, 9.17) is 28.3 Å². The van der Waals surface area contributed by atoms with Crippen molar-refractivity contribution in [3.05, 3.63) is 26.7 Å². The first-order valence-corrected chi connectivity index (χ1v) is 8.63. The van der Waals surface area contributed by atoms with Crippen LogP contribution in [0.1, 0.15) is 12.8 Å². The molecule has 2 rings (SSSR count). The lowest BCUT2D eigenvalue weighted by Crippen LogP contribution is -2.40. The number of hydrogen-bond acceptors (Lipinski definition) is 3. The second-order valence-corrected chi connectivity index (χ2v) is 7.87. The Morgan fingerprint density at radius 3 is 2.40 bits per heavy atom. The molecular weight excluding hydrogens is 393 g/mol. The van der Waals surface area contributed by atoms with Gasteiger partial charge in [-0.05, 0) is 25.0 Å². The van der Waals surface area contributed by atoms with Crippen LogP contribution in [0, 0.1) is 0 Å². The molecule has 1 saturated heterocycles. The molecule has 0 saturated carbocycles. The van der Waals surface area contributed by atoms with Crippen LogP contribution < -0.4 is 0 Å². The molecule has 0 amide bonds. The Morgan fingerprint density at radius 1 is 1.35 bits per heavy atom. The lowest BCUT2D eigenvalue weighted by Gasteiger charge is -2.22. The number of aliphatic carboxylic acids is 1. The highest BCUT2D eigenvalue weighted by molar-refractivity contribution is 9.10. The number of rotatable bonds is 3. The fourth-order valence-electron chi connectivity index (χ4n) is 2.17. The maximum absolute atomic E-state index is 12.6. The Kier molecular flexibility index (Phi) is 4.66. The molecule has 1 atom stereocenters. The molecule has 1 aromatic rings. The number of carbonyl (C=O) groups is 1. The fraction of sp³-hybridized carbons (Fsp3) is 0.364. The molecule has 1 heterocycles. The zero-order valence-electron chi connectivity index (χ0n) is 10.0.